The first-order valence-corrected chi connectivity index (χ1v) is 13.3. The summed E-state index contributed by atoms with van der Waals surface area (Å²) in [6.45, 7) is -0.0978. The predicted octanol–water partition coefficient (Wildman–Crippen LogP) is 4.88. The molecule has 0 spiro atoms. The first kappa shape index (κ1) is 25.0. The van der Waals surface area contributed by atoms with Crippen LogP contribution >= 0.6 is 0 Å². The maximum absolute atomic E-state index is 14.0. The van der Waals surface area contributed by atoms with E-state index >= 15 is 0 Å². The van der Waals surface area contributed by atoms with Crippen LogP contribution in [0.1, 0.15) is 31.8 Å². The van der Waals surface area contributed by atoms with E-state index in [1.54, 1.807) is 97.1 Å². The molecule has 0 aromatic heterocycles. The number of hydrogen-bond acceptors (Lipinski definition) is 5. The second-order valence-electron chi connectivity index (χ2n) is 8.57. The summed E-state index contributed by atoms with van der Waals surface area (Å²) in [5, 5.41) is 2.85. The number of carbonyl (C=O) groups excluding carboxylic acids is 2. The number of rotatable bonds is 7. The van der Waals surface area contributed by atoms with Gasteiger partial charge in [0.1, 0.15) is 11.4 Å². The Labute approximate surface area is 221 Å². The van der Waals surface area contributed by atoms with Gasteiger partial charge in [-0.2, -0.15) is 0 Å². The van der Waals surface area contributed by atoms with Crippen molar-refractivity contribution in [1.29, 1.82) is 0 Å². The van der Waals surface area contributed by atoms with Gasteiger partial charge in [0.25, 0.3) is 15.9 Å². The molecule has 4 aromatic rings. The van der Waals surface area contributed by atoms with Crippen molar-refractivity contribution in [1.82, 2.24) is 9.62 Å². The summed E-state index contributed by atoms with van der Waals surface area (Å²) in [6, 6.07) is 30.4. The van der Waals surface area contributed by atoms with E-state index in [9.17, 15) is 18.0 Å². The van der Waals surface area contributed by atoms with Gasteiger partial charge in [-0.25, -0.2) is 8.42 Å². The van der Waals surface area contributed by atoms with Crippen LogP contribution in [-0.4, -0.2) is 31.5 Å². The van der Waals surface area contributed by atoms with Crippen LogP contribution < -0.4 is 10.1 Å². The summed E-state index contributed by atoms with van der Waals surface area (Å²) < 4.78 is 34.4. The van der Waals surface area contributed by atoms with Gasteiger partial charge in [-0.15, -0.1) is 0 Å². The lowest BCUT2D eigenvalue weighted by atomic mass is 10.0. The van der Waals surface area contributed by atoms with Crippen LogP contribution in [-0.2, 0) is 16.6 Å². The number of Topliss-reactive ketones (excluding diaryl/α,β-unsaturated/α-hetero) is 1. The zero-order valence-corrected chi connectivity index (χ0v) is 21.3. The van der Waals surface area contributed by atoms with Crippen LogP contribution in [0.15, 0.2) is 120 Å². The zero-order valence-electron chi connectivity index (χ0n) is 20.5. The highest BCUT2D eigenvalue weighted by Gasteiger charge is 2.40. The van der Waals surface area contributed by atoms with Gasteiger partial charge in [-0.3, -0.25) is 13.9 Å². The molecule has 1 amide bonds. The van der Waals surface area contributed by atoms with Crippen molar-refractivity contribution in [2.75, 3.05) is 7.11 Å². The van der Waals surface area contributed by atoms with Crippen LogP contribution in [0.2, 0.25) is 0 Å². The van der Waals surface area contributed by atoms with Crippen molar-refractivity contribution in [3.8, 4) is 5.75 Å². The Bertz CT molecular complexity index is 1650. The monoisotopic (exact) mass is 524 g/mol. The largest absolute Gasteiger partial charge is 0.496 e. The summed E-state index contributed by atoms with van der Waals surface area (Å²) in [7, 11) is -2.69. The van der Waals surface area contributed by atoms with E-state index < -0.39 is 21.7 Å². The van der Waals surface area contributed by atoms with Crippen LogP contribution in [0.3, 0.4) is 0 Å². The molecule has 38 heavy (non-hydrogen) atoms. The molecule has 0 fully saturated rings. The number of sulfonamides is 1. The SMILES string of the molecule is COc1ccccc1C(=O)NC1=C(C(=O)c2ccccc2)N(Cc2ccccc2)S(=O)(=O)c2ccccc21. The minimum Gasteiger partial charge on any atom is -0.496 e. The highest BCUT2D eigenvalue weighted by Crippen LogP contribution is 2.38. The van der Waals surface area contributed by atoms with Crippen LogP contribution in [0.25, 0.3) is 5.70 Å². The Balaban J connectivity index is 1.75. The molecule has 0 saturated carbocycles. The number of nitrogens with zero attached hydrogens (tertiary/aromatic N) is 1. The molecule has 1 N–H and O–H groups in total. The second-order valence-corrected chi connectivity index (χ2v) is 10.4. The fraction of sp³-hybridized carbons (Fsp3) is 0.0667. The van der Waals surface area contributed by atoms with Crippen molar-refractivity contribution >= 4 is 27.4 Å². The Hall–Kier alpha value is -4.69. The number of allylic oxidation sites excluding steroid dienone is 1. The van der Waals surface area contributed by atoms with Gasteiger partial charge in [0.05, 0.1) is 29.8 Å². The lowest BCUT2D eigenvalue weighted by Crippen LogP contribution is -2.41. The predicted molar refractivity (Wildman–Crippen MR) is 144 cm³/mol. The Morgan fingerprint density at radius 3 is 2.11 bits per heavy atom. The molecular formula is C30H24N2O5S. The molecule has 4 aromatic carbocycles. The number of nitrogens with one attached hydrogen (secondary N) is 1. The number of para-hydroxylation sites is 1. The number of carbonyl (C=O) groups is 2. The van der Waals surface area contributed by atoms with E-state index in [0.717, 1.165) is 4.31 Å². The minimum absolute atomic E-state index is 0.00382. The van der Waals surface area contributed by atoms with Crippen molar-refractivity contribution in [3.05, 3.63) is 137 Å². The standard InChI is InChI=1S/C30H24N2O5S/c1-37-25-18-10-8-16-23(25)30(34)31-27-24-17-9-11-19-26(24)38(35,36)32(20-21-12-4-2-5-13-21)28(27)29(33)22-14-6-3-7-15-22/h2-19H,20H2,1H3,(H,31,34). The quantitative estimate of drug-likeness (QED) is 0.348. The molecule has 1 aliphatic heterocycles. The number of benzene rings is 4. The lowest BCUT2D eigenvalue weighted by molar-refractivity contribution is 0.0969. The third kappa shape index (κ3) is 4.57. The first-order valence-electron chi connectivity index (χ1n) is 11.9. The summed E-state index contributed by atoms with van der Waals surface area (Å²) in [6.07, 6.45) is 0. The van der Waals surface area contributed by atoms with Crippen molar-refractivity contribution in [2.24, 2.45) is 0 Å². The first-order chi connectivity index (χ1) is 18.4. The average molecular weight is 525 g/mol. The van der Waals surface area contributed by atoms with Gasteiger partial charge in [0, 0.05) is 11.1 Å². The molecule has 1 heterocycles. The van der Waals surface area contributed by atoms with Crippen molar-refractivity contribution in [3.63, 3.8) is 0 Å². The maximum Gasteiger partial charge on any atom is 0.265 e. The fourth-order valence-corrected chi connectivity index (χ4v) is 6.06. The Morgan fingerprint density at radius 1 is 0.789 bits per heavy atom. The van der Waals surface area contributed by atoms with Gasteiger partial charge in [0.15, 0.2) is 0 Å². The maximum atomic E-state index is 14.0. The summed E-state index contributed by atoms with van der Waals surface area (Å²) >= 11 is 0. The van der Waals surface area contributed by atoms with Gasteiger partial charge >= 0.3 is 0 Å². The van der Waals surface area contributed by atoms with Crippen LogP contribution in [0.4, 0.5) is 0 Å². The molecule has 5 rings (SSSR count). The number of ketones is 1. The zero-order chi connectivity index (χ0) is 26.7. The average Bonchev–Trinajstić information content (AvgIpc) is 2.96. The van der Waals surface area contributed by atoms with Crippen LogP contribution in [0.5, 0.6) is 5.75 Å². The summed E-state index contributed by atoms with van der Waals surface area (Å²) in [4.78, 5) is 27.5. The van der Waals surface area contributed by atoms with Gasteiger partial charge in [-0.05, 0) is 23.8 Å². The fourth-order valence-electron chi connectivity index (χ4n) is 4.40. The van der Waals surface area contributed by atoms with E-state index in [1.807, 2.05) is 6.07 Å². The number of methoxy groups -OCH3 is 1. The van der Waals surface area contributed by atoms with Gasteiger partial charge in [-0.1, -0.05) is 91.0 Å². The minimum atomic E-state index is -4.15. The van der Waals surface area contributed by atoms with Gasteiger partial charge < -0.3 is 10.1 Å². The molecule has 0 bridgehead atoms. The molecule has 0 atom stereocenters. The topological polar surface area (TPSA) is 92.8 Å². The normalized spacial score (nSPS) is 14.0. The molecule has 7 nitrogen and oxygen atoms in total. The molecule has 0 unspecified atom stereocenters. The number of ether oxygens (including phenoxy) is 1. The van der Waals surface area contributed by atoms with E-state index in [2.05, 4.69) is 5.32 Å². The van der Waals surface area contributed by atoms with E-state index in [0.29, 0.717) is 16.9 Å². The number of fused-ring (bicyclic) bond motifs is 1. The molecule has 0 radical (unpaired) electrons. The highest BCUT2D eigenvalue weighted by atomic mass is 32.2. The third-order valence-corrected chi connectivity index (χ3v) is 8.02. The van der Waals surface area contributed by atoms with E-state index in [-0.39, 0.29) is 34.0 Å². The third-order valence-electron chi connectivity index (χ3n) is 6.22. The van der Waals surface area contributed by atoms with Crippen molar-refractivity contribution in [2.45, 2.75) is 11.4 Å². The molecule has 0 aliphatic carbocycles. The molecular weight excluding hydrogens is 500 g/mol. The molecule has 8 heteroatoms. The smallest absolute Gasteiger partial charge is 0.265 e. The molecule has 1 aliphatic rings. The van der Waals surface area contributed by atoms with E-state index in [1.165, 1.54) is 13.2 Å². The van der Waals surface area contributed by atoms with Crippen LogP contribution in [0, 0.1) is 0 Å². The summed E-state index contributed by atoms with van der Waals surface area (Å²) in [5.74, 6) is -0.723. The van der Waals surface area contributed by atoms with E-state index in [4.69, 9.17) is 4.74 Å². The van der Waals surface area contributed by atoms with Crippen molar-refractivity contribution < 1.29 is 22.7 Å². The second kappa shape index (κ2) is 10.4. The summed E-state index contributed by atoms with van der Waals surface area (Å²) in [5.41, 5.74) is 1.43. The molecule has 190 valence electrons. The number of amides is 1. The molecule has 0 saturated heterocycles. The highest BCUT2D eigenvalue weighted by molar-refractivity contribution is 7.89. The number of hydrogen-bond donors (Lipinski definition) is 1. The lowest BCUT2D eigenvalue weighted by Gasteiger charge is -2.34. The van der Waals surface area contributed by atoms with Gasteiger partial charge in [0.2, 0.25) is 5.78 Å². The Morgan fingerprint density at radius 2 is 1.39 bits per heavy atom. The Kier molecular flexibility index (Phi) is 6.81.